The van der Waals surface area contributed by atoms with E-state index >= 15 is 0 Å². The number of halogens is 1. The van der Waals surface area contributed by atoms with E-state index in [1.807, 2.05) is 42.6 Å². The first-order chi connectivity index (χ1) is 9.08. The second-order valence-electron chi connectivity index (χ2n) is 4.76. The third-order valence-electron chi connectivity index (χ3n) is 3.05. The number of rotatable bonds is 5. The number of benzene rings is 1. The fourth-order valence-corrected chi connectivity index (χ4v) is 2.15. The molecule has 2 aromatic rings. The number of nitrogens with two attached hydrogens (primary N) is 1. The molecule has 3 nitrogen and oxygen atoms in total. The van der Waals surface area contributed by atoms with E-state index in [1.54, 1.807) is 6.92 Å². The Hall–Kier alpha value is -1.29. The number of aliphatic hydroxyl groups excluding tert-OH is 1. The lowest BCUT2D eigenvalue weighted by Crippen LogP contribution is -2.84. The number of quaternary nitrogens is 1. The predicted octanol–water partition coefficient (Wildman–Crippen LogP) is 2.35. The standard InChI is InChI=1S/C15H18ClNO2/c1-10(18)8-17-9-12-6-7-15(19-12)13-4-3-5-14(16)11(13)2/h3-7,10,17-18H,8-9H2,1-2H3/p+1/t10-/m0/s1. The highest BCUT2D eigenvalue weighted by Gasteiger charge is 2.10. The molecule has 0 aliphatic carbocycles. The quantitative estimate of drug-likeness (QED) is 0.883. The predicted molar refractivity (Wildman–Crippen MR) is 76.1 cm³/mol. The van der Waals surface area contributed by atoms with Gasteiger partial charge in [-0.15, -0.1) is 0 Å². The molecule has 19 heavy (non-hydrogen) atoms. The molecule has 0 fully saturated rings. The van der Waals surface area contributed by atoms with Crippen LogP contribution in [0.3, 0.4) is 0 Å². The lowest BCUT2D eigenvalue weighted by atomic mass is 10.1. The highest BCUT2D eigenvalue weighted by Crippen LogP contribution is 2.29. The van der Waals surface area contributed by atoms with Crippen LogP contribution in [-0.2, 0) is 6.54 Å². The van der Waals surface area contributed by atoms with Gasteiger partial charge in [0.1, 0.15) is 18.8 Å². The minimum atomic E-state index is -0.301. The van der Waals surface area contributed by atoms with Crippen LogP contribution in [0.4, 0.5) is 0 Å². The summed E-state index contributed by atoms with van der Waals surface area (Å²) in [6, 6.07) is 9.73. The molecule has 0 radical (unpaired) electrons. The summed E-state index contributed by atoms with van der Waals surface area (Å²) >= 11 is 6.11. The van der Waals surface area contributed by atoms with Crippen molar-refractivity contribution in [2.45, 2.75) is 26.5 Å². The Bertz CT molecular complexity index is 549. The van der Waals surface area contributed by atoms with E-state index in [0.29, 0.717) is 6.54 Å². The van der Waals surface area contributed by atoms with E-state index in [9.17, 15) is 5.11 Å². The van der Waals surface area contributed by atoms with Crippen molar-refractivity contribution < 1.29 is 14.8 Å². The second-order valence-corrected chi connectivity index (χ2v) is 5.16. The van der Waals surface area contributed by atoms with Crippen LogP contribution in [-0.4, -0.2) is 17.8 Å². The second kappa shape index (κ2) is 6.24. The smallest absolute Gasteiger partial charge is 0.158 e. The number of furan rings is 1. The highest BCUT2D eigenvalue weighted by molar-refractivity contribution is 6.31. The monoisotopic (exact) mass is 280 g/mol. The van der Waals surface area contributed by atoms with Crippen LogP contribution in [0.25, 0.3) is 11.3 Å². The Morgan fingerprint density at radius 2 is 2.11 bits per heavy atom. The lowest BCUT2D eigenvalue weighted by Gasteiger charge is -2.04. The van der Waals surface area contributed by atoms with Gasteiger partial charge in [-0.1, -0.05) is 23.7 Å². The maximum atomic E-state index is 9.20. The summed E-state index contributed by atoms with van der Waals surface area (Å²) in [5.41, 5.74) is 2.05. The van der Waals surface area contributed by atoms with Crippen molar-refractivity contribution in [3.63, 3.8) is 0 Å². The summed E-state index contributed by atoms with van der Waals surface area (Å²) in [4.78, 5) is 0. The van der Waals surface area contributed by atoms with Crippen LogP contribution < -0.4 is 5.32 Å². The lowest BCUT2D eigenvalue weighted by molar-refractivity contribution is -0.677. The summed E-state index contributed by atoms with van der Waals surface area (Å²) < 4.78 is 5.82. The summed E-state index contributed by atoms with van der Waals surface area (Å²) in [5, 5.41) is 12.0. The van der Waals surface area contributed by atoms with Gasteiger partial charge in [0.05, 0.1) is 6.10 Å². The highest BCUT2D eigenvalue weighted by atomic mass is 35.5. The van der Waals surface area contributed by atoms with Gasteiger partial charge in [-0.3, -0.25) is 0 Å². The third-order valence-corrected chi connectivity index (χ3v) is 3.46. The number of hydrogen-bond donors (Lipinski definition) is 2. The van der Waals surface area contributed by atoms with Gasteiger partial charge in [-0.05, 0) is 37.6 Å². The molecule has 1 aromatic carbocycles. The van der Waals surface area contributed by atoms with Crippen LogP contribution in [0.2, 0.25) is 5.02 Å². The summed E-state index contributed by atoms with van der Waals surface area (Å²) in [5.74, 6) is 1.73. The maximum absolute atomic E-state index is 9.20. The molecule has 1 heterocycles. The van der Waals surface area contributed by atoms with Gasteiger partial charge in [0, 0.05) is 10.6 Å². The van der Waals surface area contributed by atoms with Crippen LogP contribution in [0, 0.1) is 6.92 Å². The molecular formula is C15H19ClNO2+. The van der Waals surface area contributed by atoms with Crippen molar-refractivity contribution in [3.8, 4) is 11.3 Å². The Morgan fingerprint density at radius 3 is 2.84 bits per heavy atom. The largest absolute Gasteiger partial charge is 0.455 e. The van der Waals surface area contributed by atoms with Gasteiger partial charge in [0.15, 0.2) is 5.76 Å². The average Bonchev–Trinajstić information content (AvgIpc) is 2.81. The third kappa shape index (κ3) is 3.60. The minimum Gasteiger partial charge on any atom is -0.455 e. The molecule has 1 atom stereocenters. The van der Waals surface area contributed by atoms with E-state index in [1.165, 1.54) is 0 Å². The van der Waals surface area contributed by atoms with E-state index in [0.717, 1.165) is 34.2 Å². The molecule has 2 rings (SSSR count). The van der Waals surface area contributed by atoms with Crippen molar-refractivity contribution in [3.05, 3.63) is 46.7 Å². The molecular weight excluding hydrogens is 262 g/mol. The van der Waals surface area contributed by atoms with E-state index in [4.69, 9.17) is 16.0 Å². The molecule has 0 aliphatic heterocycles. The average molecular weight is 281 g/mol. The molecule has 0 spiro atoms. The van der Waals surface area contributed by atoms with Crippen LogP contribution in [0.5, 0.6) is 0 Å². The van der Waals surface area contributed by atoms with Crippen molar-refractivity contribution in [1.82, 2.24) is 0 Å². The Labute approximate surface area is 118 Å². The van der Waals surface area contributed by atoms with Crippen LogP contribution in [0.1, 0.15) is 18.2 Å². The summed E-state index contributed by atoms with van der Waals surface area (Å²) in [7, 11) is 0. The summed E-state index contributed by atoms with van der Waals surface area (Å²) in [6.45, 7) is 5.16. The van der Waals surface area contributed by atoms with Crippen molar-refractivity contribution in [1.29, 1.82) is 0 Å². The van der Waals surface area contributed by atoms with E-state index in [2.05, 4.69) is 0 Å². The van der Waals surface area contributed by atoms with Gasteiger partial charge < -0.3 is 14.8 Å². The van der Waals surface area contributed by atoms with E-state index in [-0.39, 0.29) is 6.10 Å². The molecule has 1 aromatic heterocycles. The topological polar surface area (TPSA) is 50.0 Å². The van der Waals surface area contributed by atoms with Crippen molar-refractivity contribution in [2.24, 2.45) is 0 Å². The normalized spacial score (nSPS) is 12.6. The first kappa shape index (κ1) is 14.1. The fourth-order valence-electron chi connectivity index (χ4n) is 1.97. The Kier molecular flexibility index (Phi) is 4.64. The maximum Gasteiger partial charge on any atom is 0.158 e. The SMILES string of the molecule is Cc1c(Cl)cccc1-c1ccc(C[NH2+]C[C@H](C)O)o1. The van der Waals surface area contributed by atoms with Gasteiger partial charge in [0.25, 0.3) is 0 Å². The molecule has 102 valence electrons. The minimum absolute atomic E-state index is 0.301. The zero-order valence-electron chi connectivity index (χ0n) is 11.2. The molecule has 0 unspecified atom stereocenters. The van der Waals surface area contributed by atoms with E-state index < -0.39 is 0 Å². The molecule has 0 saturated heterocycles. The zero-order valence-corrected chi connectivity index (χ0v) is 11.9. The zero-order chi connectivity index (χ0) is 13.8. The molecule has 0 amide bonds. The van der Waals surface area contributed by atoms with Gasteiger partial charge in [-0.2, -0.15) is 0 Å². The van der Waals surface area contributed by atoms with Gasteiger partial charge in [0.2, 0.25) is 0 Å². The number of aliphatic hydroxyl groups is 1. The van der Waals surface area contributed by atoms with Crippen molar-refractivity contribution in [2.75, 3.05) is 6.54 Å². The molecule has 0 bridgehead atoms. The van der Waals surface area contributed by atoms with Gasteiger partial charge >= 0.3 is 0 Å². The number of hydrogen-bond acceptors (Lipinski definition) is 2. The van der Waals surface area contributed by atoms with Gasteiger partial charge in [-0.25, -0.2) is 0 Å². The fraction of sp³-hybridized carbons (Fsp3) is 0.333. The Morgan fingerprint density at radius 1 is 1.32 bits per heavy atom. The molecule has 4 heteroatoms. The summed E-state index contributed by atoms with van der Waals surface area (Å²) in [6.07, 6.45) is -0.301. The van der Waals surface area contributed by atoms with Crippen molar-refractivity contribution >= 4 is 11.6 Å². The first-order valence-corrected chi connectivity index (χ1v) is 6.79. The first-order valence-electron chi connectivity index (χ1n) is 6.42. The molecule has 0 saturated carbocycles. The Balaban J connectivity index is 2.10. The molecule has 0 aliphatic rings. The molecule has 3 N–H and O–H groups in total. The van der Waals surface area contributed by atoms with Crippen LogP contribution >= 0.6 is 11.6 Å². The van der Waals surface area contributed by atoms with Crippen LogP contribution in [0.15, 0.2) is 34.7 Å².